The van der Waals surface area contributed by atoms with Gasteiger partial charge in [-0.2, -0.15) is 4.98 Å². The van der Waals surface area contributed by atoms with E-state index < -0.39 is 5.69 Å². The van der Waals surface area contributed by atoms with Gasteiger partial charge in [0.05, 0.1) is 11.4 Å². The molecule has 0 aliphatic carbocycles. The van der Waals surface area contributed by atoms with Crippen LogP contribution in [0, 0.1) is 0 Å². The van der Waals surface area contributed by atoms with Gasteiger partial charge in [-0.05, 0) is 29.8 Å². The molecule has 0 aliphatic heterocycles. The van der Waals surface area contributed by atoms with E-state index in [1.807, 2.05) is 30.3 Å². The minimum atomic E-state index is -0.448. The summed E-state index contributed by atoms with van der Waals surface area (Å²) in [4.78, 5) is 18.6. The van der Waals surface area contributed by atoms with Gasteiger partial charge in [0.15, 0.2) is 0 Å². The molecule has 3 aromatic rings. The topological polar surface area (TPSA) is 64.2 Å². The van der Waals surface area contributed by atoms with Gasteiger partial charge in [-0.15, -0.1) is 0 Å². The van der Waals surface area contributed by atoms with Crippen LogP contribution in [0.25, 0.3) is 22.5 Å². The molecule has 1 heterocycles. The Morgan fingerprint density at radius 3 is 2.30 bits per heavy atom. The predicted molar refractivity (Wildman–Crippen MR) is 88.5 cm³/mol. The minimum absolute atomic E-state index is 0.244. The monoisotopic (exact) mass is 300 g/mol. The normalized spacial score (nSPS) is 10.3. The summed E-state index contributed by atoms with van der Waals surface area (Å²) in [5.41, 5.74) is 2.22. The standard InChI is InChI=1S/C16H10B2N2O3/c17-22-14-7-6-11(8-15(14)23-18)13-9-12(19-16(21)20-13)10-4-2-1-3-5-10/h1-9H,(H,19,20,21). The molecule has 5 nitrogen and oxygen atoms in total. The van der Waals surface area contributed by atoms with E-state index >= 15 is 0 Å². The lowest BCUT2D eigenvalue weighted by atomic mass is 10.1. The molecule has 0 spiro atoms. The molecule has 1 aromatic heterocycles. The second kappa shape index (κ2) is 6.44. The Hall–Kier alpha value is -2.95. The summed E-state index contributed by atoms with van der Waals surface area (Å²) >= 11 is 0. The van der Waals surface area contributed by atoms with Gasteiger partial charge in [0.2, 0.25) is 0 Å². The first-order valence-electron chi connectivity index (χ1n) is 6.76. The second-order valence-electron chi connectivity index (χ2n) is 4.75. The van der Waals surface area contributed by atoms with E-state index in [0.717, 1.165) is 5.56 Å². The average molecular weight is 300 g/mol. The SMILES string of the molecule is [B]Oc1ccc(-c2cc(-c3ccccc3)[nH]c(=O)n2)cc1O[B]. The van der Waals surface area contributed by atoms with Gasteiger partial charge in [-0.1, -0.05) is 30.3 Å². The Morgan fingerprint density at radius 2 is 1.61 bits per heavy atom. The zero-order valence-electron chi connectivity index (χ0n) is 12.0. The first kappa shape index (κ1) is 15.0. The number of rotatable bonds is 4. The van der Waals surface area contributed by atoms with Gasteiger partial charge >= 0.3 is 21.8 Å². The largest absolute Gasteiger partial charge is 0.565 e. The molecule has 0 atom stereocenters. The van der Waals surface area contributed by atoms with Crippen molar-refractivity contribution < 1.29 is 9.31 Å². The van der Waals surface area contributed by atoms with Crippen LogP contribution in [0.3, 0.4) is 0 Å². The van der Waals surface area contributed by atoms with E-state index in [4.69, 9.17) is 20.8 Å². The molecule has 0 unspecified atom stereocenters. The van der Waals surface area contributed by atoms with Crippen molar-refractivity contribution in [1.82, 2.24) is 9.97 Å². The van der Waals surface area contributed by atoms with Crippen molar-refractivity contribution in [2.45, 2.75) is 0 Å². The van der Waals surface area contributed by atoms with Crippen molar-refractivity contribution in [3.05, 3.63) is 65.1 Å². The van der Waals surface area contributed by atoms with Crippen LogP contribution in [-0.2, 0) is 0 Å². The molecule has 0 amide bonds. The fraction of sp³-hybridized carbons (Fsp3) is 0. The summed E-state index contributed by atoms with van der Waals surface area (Å²) in [6, 6.07) is 16.1. The summed E-state index contributed by atoms with van der Waals surface area (Å²) in [5, 5.41) is 0. The smallest absolute Gasteiger partial charge is 0.374 e. The molecule has 0 saturated carbocycles. The highest BCUT2D eigenvalue weighted by Crippen LogP contribution is 2.31. The van der Waals surface area contributed by atoms with Crippen molar-refractivity contribution in [2.24, 2.45) is 0 Å². The van der Waals surface area contributed by atoms with Crippen molar-refractivity contribution >= 4 is 16.1 Å². The zero-order valence-corrected chi connectivity index (χ0v) is 12.0. The Bertz CT molecular complexity index is 882. The number of nitrogens with one attached hydrogen (secondary N) is 1. The van der Waals surface area contributed by atoms with Gasteiger partial charge in [-0.25, -0.2) is 4.79 Å². The number of nitrogens with zero attached hydrogens (tertiary/aromatic N) is 1. The lowest BCUT2D eigenvalue weighted by molar-refractivity contribution is 0.541. The quantitative estimate of drug-likeness (QED) is 0.749. The summed E-state index contributed by atoms with van der Waals surface area (Å²) in [5.74, 6) is 0.526. The molecule has 108 valence electrons. The molecule has 0 bridgehead atoms. The van der Waals surface area contributed by atoms with Crippen LogP contribution in [0.4, 0.5) is 0 Å². The van der Waals surface area contributed by atoms with Crippen LogP contribution in [0.15, 0.2) is 59.4 Å². The molecule has 3 rings (SSSR count). The molecular weight excluding hydrogens is 290 g/mol. The van der Waals surface area contributed by atoms with Crippen LogP contribution in [-0.4, -0.2) is 26.1 Å². The van der Waals surface area contributed by atoms with Crippen molar-refractivity contribution in [3.63, 3.8) is 0 Å². The predicted octanol–water partition coefficient (Wildman–Crippen LogP) is 2.03. The molecule has 0 saturated heterocycles. The third-order valence-electron chi connectivity index (χ3n) is 3.32. The van der Waals surface area contributed by atoms with E-state index in [9.17, 15) is 4.79 Å². The van der Waals surface area contributed by atoms with Crippen molar-refractivity contribution in [3.8, 4) is 34.0 Å². The van der Waals surface area contributed by atoms with E-state index in [0.29, 0.717) is 17.0 Å². The summed E-state index contributed by atoms with van der Waals surface area (Å²) in [7, 11) is 10.3. The van der Waals surface area contributed by atoms with E-state index in [1.54, 1.807) is 24.3 Å². The van der Waals surface area contributed by atoms with Crippen LogP contribution in [0.5, 0.6) is 11.5 Å². The Kier molecular flexibility index (Phi) is 4.19. The lowest BCUT2D eigenvalue weighted by Crippen LogP contribution is -2.12. The second-order valence-corrected chi connectivity index (χ2v) is 4.75. The van der Waals surface area contributed by atoms with E-state index in [-0.39, 0.29) is 11.5 Å². The minimum Gasteiger partial charge on any atom is -0.565 e. The number of benzene rings is 2. The number of H-pyrrole nitrogens is 1. The molecule has 2 aromatic carbocycles. The van der Waals surface area contributed by atoms with E-state index in [2.05, 4.69) is 14.6 Å². The van der Waals surface area contributed by atoms with Crippen LogP contribution < -0.4 is 15.0 Å². The molecule has 0 aliphatic rings. The van der Waals surface area contributed by atoms with Crippen LogP contribution >= 0.6 is 0 Å². The third kappa shape index (κ3) is 3.13. The molecule has 4 radical (unpaired) electrons. The van der Waals surface area contributed by atoms with Gasteiger partial charge in [-0.3, -0.25) is 0 Å². The first-order chi connectivity index (χ1) is 11.2. The van der Waals surface area contributed by atoms with Gasteiger partial charge in [0.1, 0.15) is 11.5 Å². The summed E-state index contributed by atoms with van der Waals surface area (Å²) in [6.45, 7) is 0. The lowest BCUT2D eigenvalue weighted by Gasteiger charge is -2.11. The van der Waals surface area contributed by atoms with Crippen LogP contribution in [0.2, 0.25) is 0 Å². The summed E-state index contributed by atoms with van der Waals surface area (Å²) in [6.07, 6.45) is 0. The number of aromatic amines is 1. The molecule has 23 heavy (non-hydrogen) atoms. The first-order valence-corrected chi connectivity index (χ1v) is 6.76. The van der Waals surface area contributed by atoms with Crippen molar-refractivity contribution in [2.75, 3.05) is 0 Å². The fourth-order valence-corrected chi connectivity index (χ4v) is 2.24. The molecule has 0 fully saturated rings. The maximum Gasteiger partial charge on any atom is 0.374 e. The highest BCUT2D eigenvalue weighted by atomic mass is 16.5. The van der Waals surface area contributed by atoms with E-state index in [1.165, 1.54) is 0 Å². The maximum absolute atomic E-state index is 11.9. The van der Waals surface area contributed by atoms with Crippen LogP contribution in [0.1, 0.15) is 0 Å². The average Bonchev–Trinajstić information content (AvgIpc) is 2.61. The highest BCUT2D eigenvalue weighted by Gasteiger charge is 2.09. The van der Waals surface area contributed by atoms with Gasteiger partial charge in [0, 0.05) is 5.56 Å². The number of aromatic nitrogens is 2. The summed E-state index contributed by atoms with van der Waals surface area (Å²) < 4.78 is 9.38. The molecule has 7 heteroatoms. The number of hydrogen-bond acceptors (Lipinski definition) is 4. The zero-order chi connectivity index (χ0) is 16.2. The fourth-order valence-electron chi connectivity index (χ4n) is 2.24. The highest BCUT2D eigenvalue weighted by molar-refractivity contribution is 6.02. The Labute approximate surface area is 135 Å². The Balaban J connectivity index is 2.10. The molecular formula is C16H10B2N2O3. The van der Waals surface area contributed by atoms with Gasteiger partial charge < -0.3 is 14.3 Å². The maximum atomic E-state index is 11.9. The molecule has 1 N–H and O–H groups in total. The van der Waals surface area contributed by atoms with Crippen molar-refractivity contribution in [1.29, 1.82) is 0 Å². The Morgan fingerprint density at radius 1 is 0.870 bits per heavy atom. The third-order valence-corrected chi connectivity index (χ3v) is 3.32. The van der Waals surface area contributed by atoms with Gasteiger partial charge in [0.25, 0.3) is 0 Å². The number of hydrogen-bond donors (Lipinski definition) is 1.